The van der Waals surface area contributed by atoms with E-state index in [0.717, 1.165) is 12.2 Å². The molecule has 1 fully saturated rings. The molecule has 0 aliphatic heterocycles. The average Bonchev–Trinajstić information content (AvgIpc) is 3.17. The number of unbranched alkanes of at least 4 members (excludes halogenated alkanes) is 2. The molecule has 0 aromatic rings. The molecule has 0 amide bonds. The Kier molecular flexibility index (Phi) is 7.84. The van der Waals surface area contributed by atoms with Gasteiger partial charge in [0.1, 0.15) is 5.54 Å². The van der Waals surface area contributed by atoms with Crippen molar-refractivity contribution in [3.8, 4) is 0 Å². The molecule has 1 atom stereocenters. The molecule has 1 rings (SSSR count). The van der Waals surface area contributed by atoms with Crippen LogP contribution in [0.2, 0.25) is 0 Å². The molecule has 0 bridgehead atoms. The van der Waals surface area contributed by atoms with Crippen molar-refractivity contribution in [1.82, 2.24) is 5.32 Å². The van der Waals surface area contributed by atoms with Crippen LogP contribution in [0.25, 0.3) is 0 Å². The summed E-state index contributed by atoms with van der Waals surface area (Å²) < 4.78 is 5.22. The van der Waals surface area contributed by atoms with Crippen LogP contribution in [0.5, 0.6) is 0 Å². The molecule has 112 valence electrons. The highest BCUT2D eigenvalue weighted by molar-refractivity contribution is 7.99. The lowest BCUT2D eigenvalue weighted by atomic mass is 9.99. The van der Waals surface area contributed by atoms with Crippen LogP contribution in [0.15, 0.2) is 0 Å². The second-order valence-electron chi connectivity index (χ2n) is 5.54. The fourth-order valence-electron chi connectivity index (χ4n) is 2.03. The van der Waals surface area contributed by atoms with E-state index in [1.165, 1.54) is 37.9 Å². The van der Waals surface area contributed by atoms with Crippen LogP contribution in [0.3, 0.4) is 0 Å². The molecule has 1 N–H and O–H groups in total. The SMILES string of the molecule is CCCCCSCCC(C)(NC1CC1)C(=O)OCC. The summed E-state index contributed by atoms with van der Waals surface area (Å²) >= 11 is 1.96. The van der Waals surface area contributed by atoms with Crippen LogP contribution in [-0.4, -0.2) is 35.7 Å². The van der Waals surface area contributed by atoms with E-state index < -0.39 is 5.54 Å². The summed E-state index contributed by atoms with van der Waals surface area (Å²) in [6, 6.07) is 0.527. The first-order valence-corrected chi connectivity index (χ1v) is 8.80. The van der Waals surface area contributed by atoms with Gasteiger partial charge in [0.05, 0.1) is 6.61 Å². The van der Waals surface area contributed by atoms with Gasteiger partial charge < -0.3 is 4.74 Å². The van der Waals surface area contributed by atoms with E-state index >= 15 is 0 Å². The van der Waals surface area contributed by atoms with Crippen molar-refractivity contribution >= 4 is 17.7 Å². The van der Waals surface area contributed by atoms with Gasteiger partial charge in [0, 0.05) is 6.04 Å². The summed E-state index contributed by atoms with van der Waals surface area (Å²) in [6.07, 6.45) is 7.11. The van der Waals surface area contributed by atoms with Gasteiger partial charge in [0.15, 0.2) is 0 Å². The van der Waals surface area contributed by atoms with Crippen molar-refractivity contribution in [2.24, 2.45) is 0 Å². The van der Waals surface area contributed by atoms with Crippen LogP contribution < -0.4 is 5.32 Å². The van der Waals surface area contributed by atoms with Gasteiger partial charge in [0.25, 0.3) is 0 Å². The normalized spacial score (nSPS) is 18.1. The second kappa shape index (κ2) is 8.85. The predicted octanol–water partition coefficient (Wildman–Crippen LogP) is 3.37. The molecular weight excluding hydrogens is 258 g/mol. The number of hydrogen-bond acceptors (Lipinski definition) is 4. The first kappa shape index (κ1) is 16.8. The molecule has 0 radical (unpaired) electrons. The zero-order chi connectivity index (χ0) is 14.1. The maximum Gasteiger partial charge on any atom is 0.326 e. The number of rotatable bonds is 11. The van der Waals surface area contributed by atoms with Gasteiger partial charge in [-0.1, -0.05) is 19.8 Å². The Labute approximate surface area is 122 Å². The number of carbonyl (C=O) groups is 1. The average molecular weight is 287 g/mol. The minimum atomic E-state index is -0.491. The Balaban J connectivity index is 2.29. The Morgan fingerprint density at radius 1 is 1.32 bits per heavy atom. The molecule has 1 aliphatic rings. The van der Waals surface area contributed by atoms with Crippen molar-refractivity contribution in [2.45, 2.75) is 70.9 Å². The number of carbonyl (C=O) groups excluding carboxylic acids is 1. The fourth-order valence-corrected chi connectivity index (χ4v) is 3.20. The summed E-state index contributed by atoms with van der Waals surface area (Å²) in [4.78, 5) is 12.1. The van der Waals surface area contributed by atoms with E-state index in [4.69, 9.17) is 4.74 Å². The second-order valence-corrected chi connectivity index (χ2v) is 6.77. The highest BCUT2D eigenvalue weighted by Gasteiger charge is 2.39. The monoisotopic (exact) mass is 287 g/mol. The molecule has 1 unspecified atom stereocenters. The molecule has 0 aromatic heterocycles. The lowest BCUT2D eigenvalue weighted by Crippen LogP contribution is -2.52. The van der Waals surface area contributed by atoms with E-state index in [1.54, 1.807) is 0 Å². The fraction of sp³-hybridized carbons (Fsp3) is 0.933. The van der Waals surface area contributed by atoms with Crippen LogP contribution >= 0.6 is 11.8 Å². The van der Waals surface area contributed by atoms with Gasteiger partial charge in [0.2, 0.25) is 0 Å². The van der Waals surface area contributed by atoms with Gasteiger partial charge in [-0.25, -0.2) is 0 Å². The highest BCUT2D eigenvalue weighted by atomic mass is 32.2. The third kappa shape index (κ3) is 6.66. The lowest BCUT2D eigenvalue weighted by Gasteiger charge is -2.28. The van der Waals surface area contributed by atoms with Crippen molar-refractivity contribution in [2.75, 3.05) is 18.1 Å². The predicted molar refractivity (Wildman–Crippen MR) is 82.7 cm³/mol. The van der Waals surface area contributed by atoms with Crippen molar-refractivity contribution < 1.29 is 9.53 Å². The Morgan fingerprint density at radius 3 is 2.63 bits per heavy atom. The van der Waals surface area contributed by atoms with E-state index in [1.807, 2.05) is 25.6 Å². The number of hydrogen-bond donors (Lipinski definition) is 1. The number of nitrogens with one attached hydrogen (secondary N) is 1. The first-order valence-electron chi connectivity index (χ1n) is 7.65. The smallest absolute Gasteiger partial charge is 0.326 e. The summed E-state index contributed by atoms with van der Waals surface area (Å²) in [5.74, 6) is 2.14. The van der Waals surface area contributed by atoms with Gasteiger partial charge in [-0.3, -0.25) is 10.1 Å². The molecular formula is C15H29NO2S. The molecule has 0 spiro atoms. The third-order valence-corrected chi connectivity index (χ3v) is 4.53. The van der Waals surface area contributed by atoms with Gasteiger partial charge in [-0.05, 0) is 51.0 Å². The molecule has 4 heteroatoms. The standard InChI is InChI=1S/C15H29NO2S/c1-4-6-7-11-19-12-10-15(3,14(17)18-5-2)16-13-8-9-13/h13,16H,4-12H2,1-3H3. The van der Waals surface area contributed by atoms with Crippen LogP contribution in [-0.2, 0) is 9.53 Å². The number of thioether (sulfide) groups is 1. The van der Waals surface area contributed by atoms with Crippen LogP contribution in [0.4, 0.5) is 0 Å². The van der Waals surface area contributed by atoms with Crippen molar-refractivity contribution in [3.05, 3.63) is 0 Å². The molecule has 0 heterocycles. The lowest BCUT2D eigenvalue weighted by molar-refractivity contribution is -0.150. The van der Waals surface area contributed by atoms with Crippen molar-refractivity contribution in [3.63, 3.8) is 0 Å². The maximum atomic E-state index is 12.1. The molecule has 0 aromatic carbocycles. The van der Waals surface area contributed by atoms with Gasteiger partial charge in [-0.15, -0.1) is 0 Å². The topological polar surface area (TPSA) is 38.3 Å². The number of esters is 1. The van der Waals surface area contributed by atoms with Crippen LogP contribution in [0.1, 0.15) is 59.3 Å². The molecule has 1 aliphatic carbocycles. The summed E-state index contributed by atoms with van der Waals surface area (Å²) in [6.45, 7) is 6.55. The molecule has 19 heavy (non-hydrogen) atoms. The Morgan fingerprint density at radius 2 is 2.05 bits per heavy atom. The summed E-state index contributed by atoms with van der Waals surface area (Å²) in [5.41, 5.74) is -0.491. The third-order valence-electron chi connectivity index (χ3n) is 3.46. The Hall–Kier alpha value is -0.220. The minimum Gasteiger partial charge on any atom is -0.465 e. The summed E-state index contributed by atoms with van der Waals surface area (Å²) in [5, 5.41) is 3.47. The molecule has 3 nitrogen and oxygen atoms in total. The quantitative estimate of drug-likeness (QED) is 0.467. The highest BCUT2D eigenvalue weighted by Crippen LogP contribution is 2.26. The van der Waals surface area contributed by atoms with Crippen molar-refractivity contribution in [1.29, 1.82) is 0 Å². The number of ether oxygens (including phenoxy) is 1. The Bertz CT molecular complexity index is 269. The minimum absolute atomic E-state index is 0.0870. The zero-order valence-corrected chi connectivity index (χ0v) is 13.5. The van der Waals surface area contributed by atoms with E-state index in [9.17, 15) is 4.79 Å². The maximum absolute atomic E-state index is 12.1. The largest absolute Gasteiger partial charge is 0.465 e. The zero-order valence-electron chi connectivity index (χ0n) is 12.7. The van der Waals surface area contributed by atoms with Gasteiger partial charge in [-0.2, -0.15) is 11.8 Å². The summed E-state index contributed by atoms with van der Waals surface area (Å²) in [7, 11) is 0. The first-order chi connectivity index (χ1) is 9.12. The van der Waals surface area contributed by atoms with Gasteiger partial charge >= 0.3 is 5.97 Å². The van der Waals surface area contributed by atoms with E-state index in [0.29, 0.717) is 12.6 Å². The molecule has 1 saturated carbocycles. The van der Waals surface area contributed by atoms with E-state index in [-0.39, 0.29) is 5.97 Å². The molecule has 0 saturated heterocycles. The van der Waals surface area contributed by atoms with Crippen LogP contribution in [0, 0.1) is 0 Å². The van der Waals surface area contributed by atoms with E-state index in [2.05, 4.69) is 12.2 Å².